The number of rotatable bonds is 6. The number of halogens is 1. The van der Waals surface area contributed by atoms with Crippen LogP contribution >= 0.6 is 27.3 Å². The monoisotopic (exact) mass is 353 g/mol. The lowest BCUT2D eigenvalue weighted by molar-refractivity contribution is 0.0952. The second kappa shape index (κ2) is 7.40. The number of pyridine rings is 1. The average molecular weight is 354 g/mol. The quantitative estimate of drug-likeness (QED) is 0.833. The maximum absolute atomic E-state index is 12.2. The van der Waals surface area contributed by atoms with E-state index in [-0.39, 0.29) is 5.91 Å². The fourth-order valence-electron chi connectivity index (χ4n) is 1.70. The highest BCUT2D eigenvalue weighted by Gasteiger charge is 2.11. The van der Waals surface area contributed by atoms with E-state index >= 15 is 0 Å². The van der Waals surface area contributed by atoms with Crippen LogP contribution in [0.15, 0.2) is 34.4 Å². The van der Waals surface area contributed by atoms with E-state index in [4.69, 9.17) is 0 Å². The standard InChI is InChI=1S/C14H16BrN3OS/c1-2-4-17-13-8-16-5-3-12(13)14(19)18-7-11-6-10(15)9-20-11/h3,5-6,8-9,17H,2,4,7H2,1H3,(H,18,19). The van der Waals surface area contributed by atoms with Gasteiger partial charge in [-0.2, -0.15) is 0 Å². The van der Waals surface area contributed by atoms with Crippen LogP contribution in [0, 0.1) is 0 Å². The van der Waals surface area contributed by atoms with Crippen LogP contribution in [0.4, 0.5) is 5.69 Å². The molecule has 2 rings (SSSR count). The van der Waals surface area contributed by atoms with Gasteiger partial charge in [-0.05, 0) is 34.5 Å². The van der Waals surface area contributed by atoms with E-state index < -0.39 is 0 Å². The Bertz CT molecular complexity index is 585. The molecule has 0 saturated heterocycles. The Kier molecular flexibility index (Phi) is 5.55. The second-order valence-electron chi connectivity index (χ2n) is 4.26. The first-order valence-corrected chi connectivity index (χ1v) is 8.07. The summed E-state index contributed by atoms with van der Waals surface area (Å²) in [6.07, 6.45) is 4.32. The highest BCUT2D eigenvalue weighted by molar-refractivity contribution is 9.10. The summed E-state index contributed by atoms with van der Waals surface area (Å²) in [6.45, 7) is 3.44. The average Bonchev–Trinajstić information content (AvgIpc) is 2.88. The van der Waals surface area contributed by atoms with Crippen molar-refractivity contribution in [1.29, 1.82) is 0 Å². The first-order valence-electron chi connectivity index (χ1n) is 6.39. The van der Waals surface area contributed by atoms with Crippen molar-refractivity contribution in [3.05, 3.63) is 44.8 Å². The van der Waals surface area contributed by atoms with Crippen LogP contribution in [-0.4, -0.2) is 17.4 Å². The summed E-state index contributed by atoms with van der Waals surface area (Å²) in [5.74, 6) is -0.0875. The molecule has 20 heavy (non-hydrogen) atoms. The summed E-state index contributed by atoms with van der Waals surface area (Å²) in [6, 6.07) is 3.74. The van der Waals surface area contributed by atoms with Crippen molar-refractivity contribution >= 4 is 38.9 Å². The van der Waals surface area contributed by atoms with Gasteiger partial charge in [-0.3, -0.25) is 9.78 Å². The first-order chi connectivity index (χ1) is 9.70. The molecule has 2 heterocycles. The van der Waals surface area contributed by atoms with Crippen LogP contribution in [0.2, 0.25) is 0 Å². The third-order valence-electron chi connectivity index (χ3n) is 2.68. The number of hydrogen-bond acceptors (Lipinski definition) is 4. The zero-order valence-electron chi connectivity index (χ0n) is 11.1. The largest absolute Gasteiger partial charge is 0.383 e. The number of nitrogens with zero attached hydrogens (tertiary/aromatic N) is 1. The van der Waals surface area contributed by atoms with E-state index in [1.807, 2.05) is 11.4 Å². The predicted molar refractivity (Wildman–Crippen MR) is 86.2 cm³/mol. The molecular weight excluding hydrogens is 338 g/mol. The Balaban J connectivity index is 2.01. The lowest BCUT2D eigenvalue weighted by Gasteiger charge is -2.10. The van der Waals surface area contributed by atoms with Crippen LogP contribution in [0.1, 0.15) is 28.6 Å². The van der Waals surface area contributed by atoms with Gasteiger partial charge in [0.1, 0.15) is 0 Å². The summed E-state index contributed by atoms with van der Waals surface area (Å²) in [5.41, 5.74) is 1.41. The fourth-order valence-corrected chi connectivity index (χ4v) is 3.09. The molecule has 0 aliphatic heterocycles. The smallest absolute Gasteiger partial charge is 0.253 e. The zero-order chi connectivity index (χ0) is 14.4. The molecule has 6 heteroatoms. The summed E-state index contributed by atoms with van der Waals surface area (Å²) in [4.78, 5) is 17.4. The minimum absolute atomic E-state index is 0.0875. The zero-order valence-corrected chi connectivity index (χ0v) is 13.6. The Labute approximate surface area is 130 Å². The summed E-state index contributed by atoms with van der Waals surface area (Å²) in [7, 11) is 0. The Morgan fingerprint density at radius 3 is 3.05 bits per heavy atom. The molecule has 0 aliphatic rings. The van der Waals surface area contributed by atoms with Crippen LogP contribution < -0.4 is 10.6 Å². The number of amides is 1. The number of carbonyl (C=O) groups is 1. The van der Waals surface area contributed by atoms with Gasteiger partial charge < -0.3 is 10.6 Å². The molecule has 0 radical (unpaired) electrons. The number of hydrogen-bond donors (Lipinski definition) is 2. The molecule has 1 amide bonds. The minimum atomic E-state index is -0.0875. The van der Waals surface area contributed by atoms with E-state index in [1.165, 1.54) is 0 Å². The summed E-state index contributed by atoms with van der Waals surface area (Å²) >= 11 is 5.02. The normalized spacial score (nSPS) is 10.3. The number of nitrogens with one attached hydrogen (secondary N) is 2. The highest BCUT2D eigenvalue weighted by atomic mass is 79.9. The van der Waals surface area contributed by atoms with Crippen molar-refractivity contribution in [2.24, 2.45) is 0 Å². The van der Waals surface area contributed by atoms with E-state index in [2.05, 4.69) is 38.5 Å². The summed E-state index contributed by atoms with van der Waals surface area (Å²) in [5, 5.41) is 8.15. The highest BCUT2D eigenvalue weighted by Crippen LogP contribution is 2.20. The molecule has 2 N–H and O–H groups in total. The molecular formula is C14H16BrN3OS. The number of thiophene rings is 1. The van der Waals surface area contributed by atoms with Gasteiger partial charge in [0.15, 0.2) is 0 Å². The molecule has 0 atom stereocenters. The van der Waals surface area contributed by atoms with Crippen molar-refractivity contribution < 1.29 is 4.79 Å². The lowest BCUT2D eigenvalue weighted by Crippen LogP contribution is -2.23. The van der Waals surface area contributed by atoms with Crippen molar-refractivity contribution in [3.8, 4) is 0 Å². The molecule has 2 aromatic rings. The minimum Gasteiger partial charge on any atom is -0.383 e. The second-order valence-corrected chi connectivity index (χ2v) is 6.17. The number of aromatic nitrogens is 1. The molecule has 0 aromatic carbocycles. The molecule has 0 aliphatic carbocycles. The Morgan fingerprint density at radius 1 is 1.50 bits per heavy atom. The first kappa shape index (κ1) is 15.0. The maximum atomic E-state index is 12.2. The summed E-state index contributed by atoms with van der Waals surface area (Å²) < 4.78 is 1.04. The van der Waals surface area contributed by atoms with Crippen molar-refractivity contribution in [3.63, 3.8) is 0 Å². The van der Waals surface area contributed by atoms with Gasteiger partial charge in [0.2, 0.25) is 0 Å². The number of anilines is 1. The van der Waals surface area contributed by atoms with Crippen molar-refractivity contribution in [2.75, 3.05) is 11.9 Å². The fraction of sp³-hybridized carbons (Fsp3) is 0.286. The van der Waals surface area contributed by atoms with Gasteiger partial charge in [-0.15, -0.1) is 11.3 Å². The van der Waals surface area contributed by atoms with Crippen LogP contribution in [-0.2, 0) is 6.54 Å². The molecule has 106 valence electrons. The third kappa shape index (κ3) is 4.05. The van der Waals surface area contributed by atoms with Crippen LogP contribution in [0.5, 0.6) is 0 Å². The van der Waals surface area contributed by atoms with E-state index in [0.29, 0.717) is 12.1 Å². The van der Waals surface area contributed by atoms with Crippen LogP contribution in [0.25, 0.3) is 0 Å². The lowest BCUT2D eigenvalue weighted by atomic mass is 10.2. The maximum Gasteiger partial charge on any atom is 0.253 e. The Morgan fingerprint density at radius 2 is 2.35 bits per heavy atom. The van der Waals surface area contributed by atoms with Gasteiger partial charge >= 0.3 is 0 Å². The third-order valence-corrected chi connectivity index (χ3v) is 4.37. The molecule has 0 unspecified atom stereocenters. The molecule has 0 spiro atoms. The van der Waals surface area contributed by atoms with Gasteiger partial charge in [-0.1, -0.05) is 6.92 Å². The van der Waals surface area contributed by atoms with Gasteiger partial charge in [0, 0.05) is 27.5 Å². The van der Waals surface area contributed by atoms with E-state index in [1.54, 1.807) is 29.8 Å². The van der Waals surface area contributed by atoms with Gasteiger partial charge in [0.25, 0.3) is 5.91 Å². The van der Waals surface area contributed by atoms with Gasteiger partial charge in [0.05, 0.1) is 24.0 Å². The Hall–Kier alpha value is -1.40. The molecule has 0 fully saturated rings. The van der Waals surface area contributed by atoms with E-state index in [0.717, 1.165) is 28.0 Å². The molecule has 2 aromatic heterocycles. The van der Waals surface area contributed by atoms with E-state index in [9.17, 15) is 4.79 Å². The molecule has 0 bridgehead atoms. The van der Waals surface area contributed by atoms with Crippen LogP contribution in [0.3, 0.4) is 0 Å². The SMILES string of the molecule is CCCNc1cnccc1C(=O)NCc1cc(Br)cs1. The van der Waals surface area contributed by atoms with Crippen molar-refractivity contribution in [1.82, 2.24) is 10.3 Å². The topological polar surface area (TPSA) is 54.0 Å². The molecule has 0 saturated carbocycles. The molecule has 4 nitrogen and oxygen atoms in total. The van der Waals surface area contributed by atoms with Gasteiger partial charge in [-0.25, -0.2) is 0 Å². The number of carbonyl (C=O) groups excluding carboxylic acids is 1. The van der Waals surface area contributed by atoms with Crippen molar-refractivity contribution in [2.45, 2.75) is 19.9 Å². The predicted octanol–water partition coefficient (Wildman–Crippen LogP) is 3.66.